The maximum absolute atomic E-state index is 6.49. The van der Waals surface area contributed by atoms with E-state index in [9.17, 15) is 0 Å². The summed E-state index contributed by atoms with van der Waals surface area (Å²) in [4.78, 5) is 0. The van der Waals surface area contributed by atoms with Crippen molar-refractivity contribution in [2.45, 2.75) is 40.2 Å². The van der Waals surface area contributed by atoms with E-state index in [-0.39, 0.29) is 6.04 Å². The fourth-order valence-corrected chi connectivity index (χ4v) is 2.94. The predicted molar refractivity (Wildman–Crippen MR) is 89.0 cm³/mol. The molecule has 0 heterocycles. The van der Waals surface area contributed by atoms with Crippen LogP contribution in [-0.2, 0) is 6.42 Å². The van der Waals surface area contributed by atoms with Crippen molar-refractivity contribution in [3.63, 3.8) is 0 Å². The summed E-state index contributed by atoms with van der Waals surface area (Å²) in [6.45, 7) is 8.44. The summed E-state index contributed by atoms with van der Waals surface area (Å²) in [6, 6.07) is 10.7. The van der Waals surface area contributed by atoms with Crippen LogP contribution >= 0.6 is 0 Å². The highest BCUT2D eigenvalue weighted by Gasteiger charge is 2.17. The van der Waals surface area contributed by atoms with E-state index in [1.807, 2.05) is 0 Å². The molecule has 2 N–H and O–H groups in total. The molecule has 0 aliphatic rings. The van der Waals surface area contributed by atoms with E-state index in [2.05, 4.69) is 58.0 Å². The van der Waals surface area contributed by atoms with Crippen molar-refractivity contribution in [3.8, 4) is 5.75 Å². The maximum atomic E-state index is 6.49. The minimum Gasteiger partial charge on any atom is -0.496 e. The molecule has 0 saturated heterocycles. The number of hydrogen-bond donors (Lipinski definition) is 1. The zero-order chi connectivity index (χ0) is 15.6. The van der Waals surface area contributed by atoms with Gasteiger partial charge in [0.05, 0.1) is 7.11 Å². The summed E-state index contributed by atoms with van der Waals surface area (Å²) in [7, 11) is 1.71. The summed E-state index contributed by atoms with van der Waals surface area (Å²) in [5.41, 5.74) is 13.9. The van der Waals surface area contributed by atoms with Crippen LogP contribution in [0.2, 0.25) is 0 Å². The minimum absolute atomic E-state index is 0.0546. The van der Waals surface area contributed by atoms with Gasteiger partial charge in [-0.3, -0.25) is 0 Å². The SMILES string of the molecule is COc1cc(C)cc(C)c1C(N)Cc1cc(C)ccc1C. The van der Waals surface area contributed by atoms with Crippen LogP contribution in [0.25, 0.3) is 0 Å². The second kappa shape index (κ2) is 6.31. The zero-order valence-corrected chi connectivity index (χ0v) is 13.7. The third kappa shape index (κ3) is 3.45. The fraction of sp³-hybridized carbons (Fsp3) is 0.368. The number of hydrogen-bond acceptors (Lipinski definition) is 2. The van der Waals surface area contributed by atoms with Gasteiger partial charge in [-0.2, -0.15) is 0 Å². The molecule has 0 saturated carbocycles. The van der Waals surface area contributed by atoms with Gasteiger partial charge in [0.25, 0.3) is 0 Å². The molecular weight excluding hydrogens is 258 g/mol. The van der Waals surface area contributed by atoms with Crippen LogP contribution in [0.15, 0.2) is 30.3 Å². The van der Waals surface area contributed by atoms with Gasteiger partial charge < -0.3 is 10.5 Å². The molecular formula is C19H25NO. The van der Waals surface area contributed by atoms with E-state index in [1.165, 1.54) is 27.8 Å². The summed E-state index contributed by atoms with van der Waals surface area (Å²) in [5.74, 6) is 0.894. The molecule has 0 aliphatic carbocycles. The molecule has 0 radical (unpaired) electrons. The standard InChI is InChI=1S/C19H25NO/c1-12-6-7-14(3)16(9-12)11-17(20)19-15(4)8-13(2)10-18(19)21-5/h6-10,17H,11,20H2,1-5H3. The number of methoxy groups -OCH3 is 1. The number of nitrogens with two attached hydrogens (primary N) is 1. The van der Waals surface area contributed by atoms with E-state index in [1.54, 1.807) is 7.11 Å². The molecule has 1 unspecified atom stereocenters. The van der Waals surface area contributed by atoms with Crippen LogP contribution in [-0.4, -0.2) is 7.11 Å². The summed E-state index contributed by atoms with van der Waals surface area (Å²) in [5, 5.41) is 0. The Morgan fingerprint density at radius 2 is 1.67 bits per heavy atom. The smallest absolute Gasteiger partial charge is 0.124 e. The van der Waals surface area contributed by atoms with Gasteiger partial charge in [0.2, 0.25) is 0 Å². The first-order valence-electron chi connectivity index (χ1n) is 7.39. The van der Waals surface area contributed by atoms with E-state index in [4.69, 9.17) is 10.5 Å². The predicted octanol–water partition coefficient (Wildman–Crippen LogP) is 4.17. The van der Waals surface area contributed by atoms with E-state index >= 15 is 0 Å². The normalized spacial score (nSPS) is 12.3. The van der Waals surface area contributed by atoms with Crippen molar-refractivity contribution >= 4 is 0 Å². The first kappa shape index (κ1) is 15.6. The van der Waals surface area contributed by atoms with Gasteiger partial charge in [0, 0.05) is 11.6 Å². The Morgan fingerprint density at radius 1 is 0.952 bits per heavy atom. The van der Waals surface area contributed by atoms with E-state index in [0.29, 0.717) is 0 Å². The van der Waals surface area contributed by atoms with Gasteiger partial charge >= 0.3 is 0 Å². The second-order valence-corrected chi connectivity index (χ2v) is 5.94. The van der Waals surface area contributed by atoms with Crippen LogP contribution in [0, 0.1) is 27.7 Å². The molecule has 21 heavy (non-hydrogen) atoms. The van der Waals surface area contributed by atoms with Crippen LogP contribution in [0.4, 0.5) is 0 Å². The first-order chi connectivity index (χ1) is 9.92. The van der Waals surface area contributed by atoms with Crippen molar-refractivity contribution in [2.24, 2.45) is 5.73 Å². The quantitative estimate of drug-likeness (QED) is 0.914. The fourth-order valence-electron chi connectivity index (χ4n) is 2.94. The molecule has 0 aliphatic heterocycles. The van der Waals surface area contributed by atoms with Crippen LogP contribution in [0.3, 0.4) is 0 Å². The van der Waals surface area contributed by atoms with Gasteiger partial charge in [-0.15, -0.1) is 0 Å². The molecule has 0 fully saturated rings. The van der Waals surface area contributed by atoms with Crippen molar-refractivity contribution in [2.75, 3.05) is 7.11 Å². The van der Waals surface area contributed by atoms with Crippen LogP contribution in [0.1, 0.15) is 39.4 Å². The lowest BCUT2D eigenvalue weighted by molar-refractivity contribution is 0.404. The van der Waals surface area contributed by atoms with Gasteiger partial charge in [-0.25, -0.2) is 0 Å². The Bertz CT molecular complexity index is 646. The third-order valence-corrected chi connectivity index (χ3v) is 4.03. The Morgan fingerprint density at radius 3 is 2.33 bits per heavy atom. The molecule has 2 aromatic rings. The number of benzene rings is 2. The molecule has 0 amide bonds. The number of rotatable bonds is 4. The maximum Gasteiger partial charge on any atom is 0.124 e. The molecule has 0 spiro atoms. The molecule has 112 valence electrons. The van der Waals surface area contributed by atoms with Crippen LogP contribution in [0.5, 0.6) is 5.75 Å². The first-order valence-corrected chi connectivity index (χ1v) is 7.39. The minimum atomic E-state index is -0.0546. The molecule has 2 rings (SSSR count). The lowest BCUT2D eigenvalue weighted by atomic mass is 9.91. The Kier molecular flexibility index (Phi) is 4.69. The Balaban J connectivity index is 2.36. The van der Waals surface area contributed by atoms with E-state index < -0.39 is 0 Å². The van der Waals surface area contributed by atoms with Gasteiger partial charge in [-0.05, 0) is 62.4 Å². The molecule has 2 heteroatoms. The summed E-state index contributed by atoms with van der Waals surface area (Å²) < 4.78 is 5.54. The highest BCUT2D eigenvalue weighted by atomic mass is 16.5. The lowest BCUT2D eigenvalue weighted by Crippen LogP contribution is -2.16. The largest absolute Gasteiger partial charge is 0.496 e. The average molecular weight is 283 g/mol. The molecule has 0 aromatic heterocycles. The van der Waals surface area contributed by atoms with E-state index in [0.717, 1.165) is 17.7 Å². The highest BCUT2D eigenvalue weighted by molar-refractivity contribution is 5.46. The average Bonchev–Trinajstić information content (AvgIpc) is 2.41. The Labute approximate surface area is 127 Å². The highest BCUT2D eigenvalue weighted by Crippen LogP contribution is 2.31. The monoisotopic (exact) mass is 283 g/mol. The summed E-state index contributed by atoms with van der Waals surface area (Å²) >= 11 is 0. The number of aryl methyl sites for hydroxylation is 4. The van der Waals surface area contributed by atoms with Crippen molar-refractivity contribution in [1.29, 1.82) is 0 Å². The molecule has 2 aromatic carbocycles. The van der Waals surface area contributed by atoms with Gasteiger partial charge in [0.1, 0.15) is 5.75 Å². The van der Waals surface area contributed by atoms with Gasteiger partial charge in [0.15, 0.2) is 0 Å². The molecule has 1 atom stereocenters. The Hall–Kier alpha value is -1.80. The van der Waals surface area contributed by atoms with Gasteiger partial charge in [-0.1, -0.05) is 29.8 Å². The number of ether oxygens (including phenoxy) is 1. The lowest BCUT2D eigenvalue weighted by Gasteiger charge is -2.20. The second-order valence-electron chi connectivity index (χ2n) is 5.94. The molecule has 2 nitrogen and oxygen atoms in total. The third-order valence-electron chi connectivity index (χ3n) is 4.03. The van der Waals surface area contributed by atoms with Crippen LogP contribution < -0.4 is 10.5 Å². The van der Waals surface area contributed by atoms with Crippen molar-refractivity contribution in [1.82, 2.24) is 0 Å². The summed E-state index contributed by atoms with van der Waals surface area (Å²) in [6.07, 6.45) is 0.827. The zero-order valence-electron chi connectivity index (χ0n) is 13.7. The van der Waals surface area contributed by atoms with Crippen molar-refractivity contribution < 1.29 is 4.74 Å². The molecule has 0 bridgehead atoms. The van der Waals surface area contributed by atoms with Crippen molar-refractivity contribution in [3.05, 3.63) is 63.7 Å². The topological polar surface area (TPSA) is 35.2 Å².